The van der Waals surface area contributed by atoms with Crippen LogP contribution in [0.4, 0.5) is 0 Å². The maximum atomic E-state index is 12.1. The fraction of sp³-hybridized carbons (Fsp3) is 0.529. The van der Waals surface area contributed by atoms with Crippen molar-refractivity contribution < 1.29 is 37.6 Å². The maximum Gasteiger partial charge on any atom is 0.366 e. The number of hydrogen-bond donors (Lipinski definition) is 2. The highest BCUT2D eigenvalue weighted by molar-refractivity contribution is 5.79. The summed E-state index contributed by atoms with van der Waals surface area (Å²) in [4.78, 5) is 22.9. The minimum Gasteiger partial charge on any atom is -1.00 e. The Bertz CT molecular complexity index is 516. The molecule has 0 aliphatic heterocycles. The average molecular weight is 344 g/mol. The van der Waals surface area contributed by atoms with E-state index >= 15 is 0 Å². The van der Waals surface area contributed by atoms with Crippen molar-refractivity contribution in [2.75, 3.05) is 0 Å². The van der Waals surface area contributed by atoms with Crippen molar-refractivity contribution in [1.82, 2.24) is 0 Å². The Balaban J connectivity index is 0.00000484. The monoisotopic (exact) mass is 343 g/mol. The molecule has 0 unspecified atom stereocenters. The fourth-order valence-corrected chi connectivity index (χ4v) is 2.12. The van der Waals surface area contributed by atoms with E-state index in [0.29, 0.717) is 5.92 Å². The van der Waals surface area contributed by atoms with Crippen molar-refractivity contribution in [2.45, 2.75) is 52.2 Å². The van der Waals surface area contributed by atoms with Gasteiger partial charge in [-0.3, -0.25) is 4.79 Å². The van der Waals surface area contributed by atoms with Crippen LogP contribution in [0.5, 0.6) is 0 Å². The molecule has 1 aromatic carbocycles. The van der Waals surface area contributed by atoms with Gasteiger partial charge in [0.15, 0.2) is 6.10 Å². The van der Waals surface area contributed by atoms with Gasteiger partial charge in [-0.2, -0.15) is 0 Å². The molecule has 3 atom stereocenters. The van der Waals surface area contributed by atoms with Gasteiger partial charge in [0.2, 0.25) is 6.04 Å². The molecule has 0 saturated carbocycles. The maximum absolute atomic E-state index is 12.1. The molecule has 0 saturated heterocycles. The molecular weight excluding hydrogens is 318 g/mol. The van der Waals surface area contributed by atoms with Crippen molar-refractivity contribution in [1.29, 1.82) is 0 Å². The highest BCUT2D eigenvalue weighted by Gasteiger charge is 2.29. The van der Waals surface area contributed by atoms with E-state index < -0.39 is 30.0 Å². The second kappa shape index (κ2) is 9.53. The van der Waals surface area contributed by atoms with Crippen LogP contribution in [0.15, 0.2) is 24.3 Å². The van der Waals surface area contributed by atoms with Crippen molar-refractivity contribution in [3.63, 3.8) is 0 Å². The molecule has 1 rings (SSSR count). The third kappa shape index (κ3) is 6.59. The standard InChI is InChI=1S/C17H25NO4.ClH/c1-10(2)9-13-5-7-14(8-6-13)11(3)17(21)22-12(4)15(18)16(19)20;/h5-8,10-12,15H,9,18H2,1-4H3,(H,19,20);1H/t11-,12-,15+;/m1./s1. The van der Waals surface area contributed by atoms with E-state index in [0.717, 1.165) is 12.0 Å². The molecule has 4 N–H and O–H groups in total. The zero-order valence-corrected chi connectivity index (χ0v) is 14.8. The summed E-state index contributed by atoms with van der Waals surface area (Å²) >= 11 is 0. The highest BCUT2D eigenvalue weighted by atomic mass is 35.5. The first-order valence-corrected chi connectivity index (χ1v) is 7.57. The molecule has 0 fully saturated rings. The first kappa shape index (κ1) is 21.4. The summed E-state index contributed by atoms with van der Waals surface area (Å²) in [6.45, 7) is 7.62. The lowest BCUT2D eigenvalue weighted by Crippen LogP contribution is -3.00. The quantitative estimate of drug-likeness (QED) is 0.597. The molecule has 6 heteroatoms. The number of esters is 1. The summed E-state index contributed by atoms with van der Waals surface area (Å²) in [5.41, 5.74) is 5.58. The lowest BCUT2D eigenvalue weighted by molar-refractivity contribution is -0.423. The topological polar surface area (TPSA) is 91.2 Å². The van der Waals surface area contributed by atoms with E-state index in [1.165, 1.54) is 5.56 Å². The Hall–Kier alpha value is -1.59. The van der Waals surface area contributed by atoms with E-state index in [2.05, 4.69) is 19.6 Å². The van der Waals surface area contributed by atoms with Crippen molar-refractivity contribution in [2.24, 2.45) is 5.92 Å². The lowest BCUT2D eigenvalue weighted by atomic mass is 9.97. The van der Waals surface area contributed by atoms with Crippen LogP contribution in [0, 0.1) is 5.92 Å². The molecule has 130 valence electrons. The van der Waals surface area contributed by atoms with Gasteiger partial charge in [-0.1, -0.05) is 38.1 Å². The Labute approximate surface area is 143 Å². The number of ether oxygens (including phenoxy) is 1. The van der Waals surface area contributed by atoms with Crippen molar-refractivity contribution in [3.8, 4) is 0 Å². The molecule has 0 radical (unpaired) electrons. The number of carbonyl (C=O) groups is 2. The fourth-order valence-electron chi connectivity index (χ4n) is 2.12. The molecule has 23 heavy (non-hydrogen) atoms. The van der Waals surface area contributed by atoms with Gasteiger partial charge in [0, 0.05) is 0 Å². The second-order valence-electron chi connectivity index (χ2n) is 6.15. The van der Waals surface area contributed by atoms with E-state index in [4.69, 9.17) is 9.84 Å². The van der Waals surface area contributed by atoms with Crippen molar-refractivity contribution >= 4 is 11.9 Å². The minimum absolute atomic E-state index is 0. The summed E-state index contributed by atoms with van der Waals surface area (Å²) in [5, 5.41) is 8.87. The molecule has 0 spiro atoms. The molecule has 0 aromatic heterocycles. The van der Waals surface area contributed by atoms with Crippen LogP contribution in [-0.4, -0.2) is 29.2 Å². The van der Waals surface area contributed by atoms with Gasteiger partial charge in [0.05, 0.1) is 5.92 Å². The van der Waals surface area contributed by atoms with Gasteiger partial charge in [-0.25, -0.2) is 4.79 Å². The zero-order chi connectivity index (χ0) is 16.9. The first-order chi connectivity index (χ1) is 10.2. The molecule has 0 aliphatic carbocycles. The number of benzene rings is 1. The number of carboxylic acid groups (broad SMARTS) is 1. The Kier molecular flexibility index (Phi) is 8.87. The Morgan fingerprint density at radius 3 is 2.09 bits per heavy atom. The number of quaternary nitrogens is 1. The summed E-state index contributed by atoms with van der Waals surface area (Å²) < 4.78 is 5.20. The largest absolute Gasteiger partial charge is 1.00 e. The lowest BCUT2D eigenvalue weighted by Gasteiger charge is -2.18. The smallest absolute Gasteiger partial charge is 0.366 e. The van der Waals surface area contributed by atoms with Crippen molar-refractivity contribution in [3.05, 3.63) is 35.4 Å². The molecule has 0 bridgehead atoms. The number of aliphatic carboxylic acids is 1. The molecule has 0 amide bonds. The van der Waals surface area contributed by atoms with E-state index in [-0.39, 0.29) is 12.4 Å². The molecule has 0 aliphatic rings. The normalized spacial score (nSPS) is 14.5. The Morgan fingerprint density at radius 1 is 1.13 bits per heavy atom. The first-order valence-electron chi connectivity index (χ1n) is 7.57. The van der Waals surface area contributed by atoms with E-state index in [1.807, 2.05) is 24.3 Å². The molecular formula is C17H26ClNO4. The average Bonchev–Trinajstić information content (AvgIpc) is 2.45. The van der Waals surface area contributed by atoms with Gasteiger partial charge in [-0.15, -0.1) is 0 Å². The number of rotatable bonds is 7. The third-order valence-electron chi connectivity index (χ3n) is 3.66. The summed E-state index contributed by atoms with van der Waals surface area (Å²) in [6, 6.07) is 6.92. The van der Waals surface area contributed by atoms with Crippen LogP contribution in [0.3, 0.4) is 0 Å². The zero-order valence-electron chi connectivity index (χ0n) is 14.1. The predicted molar refractivity (Wildman–Crippen MR) is 83.3 cm³/mol. The summed E-state index contributed by atoms with van der Waals surface area (Å²) in [7, 11) is 0. The predicted octanol–water partition coefficient (Wildman–Crippen LogP) is -1.38. The highest BCUT2D eigenvalue weighted by Crippen LogP contribution is 2.19. The van der Waals surface area contributed by atoms with E-state index in [9.17, 15) is 9.59 Å². The molecule has 0 heterocycles. The molecule has 1 aromatic rings. The molecule has 5 nitrogen and oxygen atoms in total. The van der Waals surface area contributed by atoms with Gasteiger partial charge >= 0.3 is 11.9 Å². The van der Waals surface area contributed by atoms with Crippen LogP contribution in [0.25, 0.3) is 0 Å². The summed E-state index contributed by atoms with van der Waals surface area (Å²) in [5.74, 6) is -1.36. The van der Waals surface area contributed by atoms with Crippen LogP contribution in [-0.2, 0) is 20.7 Å². The van der Waals surface area contributed by atoms with Gasteiger partial charge < -0.3 is 28.0 Å². The van der Waals surface area contributed by atoms with Crippen LogP contribution in [0.1, 0.15) is 44.7 Å². The minimum atomic E-state index is -1.08. The number of halogens is 1. The van der Waals surface area contributed by atoms with Gasteiger partial charge in [0.25, 0.3) is 0 Å². The van der Waals surface area contributed by atoms with Crippen LogP contribution < -0.4 is 18.1 Å². The van der Waals surface area contributed by atoms with Crippen LogP contribution in [0.2, 0.25) is 0 Å². The SMILES string of the molecule is CC(C)Cc1ccc([C@@H](C)C(=O)O[C@H](C)[C@H]([NH3+])C(=O)O)cc1.[Cl-]. The Morgan fingerprint density at radius 2 is 1.65 bits per heavy atom. The third-order valence-corrected chi connectivity index (χ3v) is 3.66. The number of carboxylic acids is 1. The van der Waals surface area contributed by atoms with Gasteiger partial charge in [-0.05, 0) is 37.3 Å². The summed E-state index contributed by atoms with van der Waals surface area (Å²) in [6.07, 6.45) is 0.241. The van der Waals surface area contributed by atoms with Crippen LogP contribution >= 0.6 is 0 Å². The second-order valence-corrected chi connectivity index (χ2v) is 6.15. The number of carbonyl (C=O) groups excluding carboxylic acids is 1. The van der Waals surface area contributed by atoms with E-state index in [1.54, 1.807) is 13.8 Å². The number of hydrogen-bond acceptors (Lipinski definition) is 3. The van der Waals surface area contributed by atoms with Gasteiger partial charge in [0.1, 0.15) is 0 Å².